The van der Waals surface area contributed by atoms with E-state index >= 15 is 0 Å². The third-order valence-electron chi connectivity index (χ3n) is 6.88. The van der Waals surface area contributed by atoms with Crippen molar-refractivity contribution in [3.8, 4) is 0 Å². The largest absolute Gasteiger partial charge is 4.00 e. The second-order valence-corrected chi connectivity index (χ2v) is 12.7. The zero-order valence-electron chi connectivity index (χ0n) is 20.2. The maximum Gasteiger partial charge on any atom is 4.00 e. The fraction of sp³-hybridized carbons (Fsp3) is 0.600. The molecule has 0 radical (unpaired) electrons. The Morgan fingerprint density at radius 3 is 1.73 bits per heavy atom. The summed E-state index contributed by atoms with van der Waals surface area (Å²) in [5.74, 6) is 0. The topological polar surface area (TPSA) is 0 Å². The van der Waals surface area contributed by atoms with E-state index in [0.717, 1.165) is 6.42 Å². The molecule has 0 saturated carbocycles. The first-order valence-corrected chi connectivity index (χ1v) is 13.4. The molecule has 0 fully saturated rings. The summed E-state index contributed by atoms with van der Waals surface area (Å²) < 4.78 is 0. The summed E-state index contributed by atoms with van der Waals surface area (Å²) in [5, 5.41) is 3.37. The molecule has 0 aliphatic heterocycles. The number of unbranched alkanes of at least 4 members (excludes halogenated alkanes) is 2. The molecule has 5 heteroatoms. The first kappa shape index (κ1) is 35.1. The SMILES string of the molecule is CCCCC1=CC[C-]=C1[Si](C)(CCCC)c1c(C)c(C)c(C)c(C)c1C.[Cl-].[Cl-].[Cl-].[Ti+4]. The first-order valence-electron chi connectivity index (χ1n) is 10.7. The van der Waals surface area contributed by atoms with E-state index < -0.39 is 8.07 Å². The summed E-state index contributed by atoms with van der Waals surface area (Å²) in [5.41, 5.74) is 9.26. The molecular formula is C25H39Cl3SiTi. The minimum atomic E-state index is -1.76. The van der Waals surface area contributed by atoms with Gasteiger partial charge in [-0.25, -0.2) is 10.8 Å². The number of rotatable bonds is 8. The van der Waals surface area contributed by atoms with Crippen LogP contribution in [-0.2, 0) is 21.7 Å². The zero-order chi connectivity index (χ0) is 19.5. The maximum absolute atomic E-state index is 3.86. The quantitative estimate of drug-likeness (QED) is 0.277. The van der Waals surface area contributed by atoms with Crippen LogP contribution in [0.5, 0.6) is 0 Å². The van der Waals surface area contributed by atoms with Gasteiger partial charge in [-0.1, -0.05) is 63.7 Å². The van der Waals surface area contributed by atoms with Crippen molar-refractivity contribution >= 4 is 13.3 Å². The molecule has 0 spiro atoms. The second kappa shape index (κ2) is 15.4. The van der Waals surface area contributed by atoms with Crippen LogP contribution in [0, 0.1) is 40.7 Å². The predicted octanol–water partition coefficient (Wildman–Crippen LogP) is -1.89. The molecule has 0 bridgehead atoms. The molecular weight excluding hydrogens is 483 g/mol. The summed E-state index contributed by atoms with van der Waals surface area (Å²) in [7, 11) is -1.76. The van der Waals surface area contributed by atoms with Crippen LogP contribution in [0.25, 0.3) is 0 Å². The Kier molecular flexibility index (Phi) is 18.0. The average molecular weight is 522 g/mol. The van der Waals surface area contributed by atoms with Crippen LogP contribution in [-0.4, -0.2) is 8.07 Å². The van der Waals surface area contributed by atoms with Gasteiger partial charge in [-0.15, -0.1) is 6.42 Å². The van der Waals surface area contributed by atoms with Crippen molar-refractivity contribution in [1.29, 1.82) is 0 Å². The van der Waals surface area contributed by atoms with Gasteiger partial charge in [0.2, 0.25) is 0 Å². The van der Waals surface area contributed by atoms with Crippen LogP contribution in [0.15, 0.2) is 16.8 Å². The minimum Gasteiger partial charge on any atom is -1.00 e. The van der Waals surface area contributed by atoms with E-state index in [-0.39, 0.29) is 58.9 Å². The Hall–Kier alpha value is 0.501. The molecule has 0 N–H and O–H groups in total. The van der Waals surface area contributed by atoms with Crippen molar-refractivity contribution in [3.05, 3.63) is 50.7 Å². The van der Waals surface area contributed by atoms with E-state index in [1.165, 1.54) is 54.8 Å². The fourth-order valence-electron chi connectivity index (χ4n) is 4.87. The minimum absolute atomic E-state index is 0. The molecule has 1 aromatic rings. The van der Waals surface area contributed by atoms with Gasteiger partial charge >= 0.3 is 21.7 Å². The van der Waals surface area contributed by atoms with Gasteiger partial charge in [0.1, 0.15) is 0 Å². The molecule has 1 aliphatic rings. The summed E-state index contributed by atoms with van der Waals surface area (Å²) in [4.78, 5) is 0. The van der Waals surface area contributed by atoms with Gasteiger partial charge in [-0.2, -0.15) is 6.08 Å². The number of hydrogen-bond donors (Lipinski definition) is 0. The van der Waals surface area contributed by atoms with Crippen LogP contribution < -0.4 is 42.4 Å². The zero-order valence-corrected chi connectivity index (χ0v) is 25.0. The monoisotopic (exact) mass is 520 g/mol. The molecule has 1 aliphatic carbocycles. The molecule has 168 valence electrons. The van der Waals surface area contributed by atoms with Gasteiger partial charge in [0.25, 0.3) is 0 Å². The van der Waals surface area contributed by atoms with E-state index in [4.69, 9.17) is 0 Å². The van der Waals surface area contributed by atoms with Crippen molar-refractivity contribution in [1.82, 2.24) is 0 Å². The van der Waals surface area contributed by atoms with Gasteiger partial charge in [-0.05, 0) is 62.4 Å². The van der Waals surface area contributed by atoms with Gasteiger partial charge in [0.15, 0.2) is 0 Å². The van der Waals surface area contributed by atoms with Crippen molar-refractivity contribution in [2.75, 3.05) is 0 Å². The third kappa shape index (κ3) is 7.00. The predicted molar refractivity (Wildman–Crippen MR) is 120 cm³/mol. The number of halogens is 3. The molecule has 1 aromatic carbocycles. The molecule has 1 atom stereocenters. The Morgan fingerprint density at radius 1 is 0.800 bits per heavy atom. The van der Waals surface area contributed by atoms with E-state index in [1.54, 1.807) is 27.1 Å². The van der Waals surface area contributed by atoms with Crippen LogP contribution in [0.2, 0.25) is 12.6 Å². The van der Waals surface area contributed by atoms with Gasteiger partial charge in [0.05, 0.1) is 8.07 Å². The van der Waals surface area contributed by atoms with Crippen molar-refractivity contribution in [2.24, 2.45) is 0 Å². The van der Waals surface area contributed by atoms with Crippen molar-refractivity contribution in [2.45, 2.75) is 99.6 Å². The number of hydrogen-bond acceptors (Lipinski definition) is 0. The van der Waals surface area contributed by atoms with E-state index in [1.807, 2.05) is 0 Å². The third-order valence-corrected chi connectivity index (χ3v) is 11.7. The van der Waals surface area contributed by atoms with Gasteiger partial charge < -0.3 is 37.2 Å². The Balaban J connectivity index is -0.00000182. The molecule has 0 saturated heterocycles. The van der Waals surface area contributed by atoms with E-state index in [9.17, 15) is 0 Å². The molecule has 2 rings (SSSR count). The smallest absolute Gasteiger partial charge is 1.00 e. The summed E-state index contributed by atoms with van der Waals surface area (Å²) in [6.45, 7) is 19.0. The normalized spacial score (nSPS) is 14.3. The number of allylic oxidation sites excluding steroid dienone is 4. The second-order valence-electron chi connectivity index (χ2n) is 8.52. The fourth-order valence-corrected chi connectivity index (χ4v) is 10.1. The van der Waals surface area contributed by atoms with Crippen LogP contribution in [0.1, 0.15) is 80.2 Å². The molecule has 0 heterocycles. The average Bonchev–Trinajstić information content (AvgIpc) is 3.10. The molecule has 30 heavy (non-hydrogen) atoms. The molecule has 0 aromatic heterocycles. The standard InChI is InChI=1S/C25H39Si.3ClH.Ti/c1-9-11-14-23-15-13-16-24(23)26(8,17-12-10-2)25-21(6)19(4)18(3)20(5)22(25)7;;;;/h15H,9-14,17H2,1-8H3;3*1H;/q-1;;;;+4/p-3. The van der Waals surface area contributed by atoms with Crippen LogP contribution in [0.3, 0.4) is 0 Å². The summed E-state index contributed by atoms with van der Waals surface area (Å²) in [6, 6.07) is 1.36. The Labute approximate surface area is 221 Å². The van der Waals surface area contributed by atoms with E-state index in [2.05, 4.69) is 67.2 Å². The van der Waals surface area contributed by atoms with Crippen molar-refractivity contribution < 1.29 is 58.9 Å². The van der Waals surface area contributed by atoms with Gasteiger partial charge in [-0.3, -0.25) is 6.08 Å². The van der Waals surface area contributed by atoms with Crippen LogP contribution in [0.4, 0.5) is 0 Å². The Bertz CT molecular complexity index is 711. The summed E-state index contributed by atoms with van der Waals surface area (Å²) >= 11 is 0. The maximum atomic E-state index is 3.86. The van der Waals surface area contributed by atoms with Gasteiger partial charge in [0, 0.05) is 0 Å². The first-order chi connectivity index (χ1) is 12.3. The summed E-state index contributed by atoms with van der Waals surface area (Å²) in [6.07, 6.45) is 13.8. The molecule has 0 amide bonds. The van der Waals surface area contributed by atoms with E-state index in [0.29, 0.717) is 0 Å². The molecule has 0 nitrogen and oxygen atoms in total. The molecule has 1 unspecified atom stereocenters. The Morgan fingerprint density at radius 2 is 1.27 bits per heavy atom. The van der Waals surface area contributed by atoms with Crippen LogP contribution >= 0.6 is 0 Å². The van der Waals surface area contributed by atoms with Crippen molar-refractivity contribution in [3.63, 3.8) is 0 Å². The number of benzene rings is 1.